The lowest BCUT2D eigenvalue weighted by molar-refractivity contribution is 0.102. The van der Waals surface area contributed by atoms with E-state index >= 15 is 0 Å². The second-order valence-electron chi connectivity index (χ2n) is 7.34. The number of carbonyl (C=O) groups excluding carboxylic acids is 1. The summed E-state index contributed by atoms with van der Waals surface area (Å²) >= 11 is 3.06. The van der Waals surface area contributed by atoms with E-state index < -0.39 is 0 Å². The summed E-state index contributed by atoms with van der Waals surface area (Å²) in [6.45, 7) is 6.27. The molecule has 0 radical (unpaired) electrons. The molecule has 0 aromatic carbocycles. The molecule has 3 aromatic heterocycles. The first kappa shape index (κ1) is 18.5. The molecule has 3 aromatic rings. The summed E-state index contributed by atoms with van der Waals surface area (Å²) in [5.41, 5.74) is 4.26. The second-order valence-corrected chi connectivity index (χ2v) is 9.40. The van der Waals surface area contributed by atoms with Gasteiger partial charge in [0.15, 0.2) is 5.78 Å². The fourth-order valence-corrected chi connectivity index (χ4v) is 5.30. The van der Waals surface area contributed by atoms with Crippen molar-refractivity contribution in [1.29, 1.82) is 0 Å². The Balaban J connectivity index is 1.44. The van der Waals surface area contributed by atoms with Crippen molar-refractivity contribution < 1.29 is 9.21 Å². The summed E-state index contributed by atoms with van der Waals surface area (Å²) in [6.07, 6.45) is 3.52. The largest absolute Gasteiger partial charge is 0.410 e. The van der Waals surface area contributed by atoms with Crippen LogP contribution in [-0.2, 0) is 19.9 Å². The van der Waals surface area contributed by atoms with Crippen LogP contribution >= 0.6 is 23.1 Å². The molecular weight excluding hydrogens is 378 g/mol. The smallest absolute Gasteiger partial charge is 0.277 e. The van der Waals surface area contributed by atoms with Gasteiger partial charge in [0.25, 0.3) is 11.1 Å². The van der Waals surface area contributed by atoms with Crippen LogP contribution in [0.15, 0.2) is 21.8 Å². The van der Waals surface area contributed by atoms with Crippen molar-refractivity contribution in [3.8, 4) is 10.8 Å². The predicted octanol–water partition coefficient (Wildman–Crippen LogP) is 4.85. The number of rotatable bonds is 5. The topological polar surface area (TPSA) is 60.9 Å². The third-order valence-corrected chi connectivity index (χ3v) is 7.39. The fourth-order valence-electron chi connectivity index (χ4n) is 3.52. The number of nitrogens with zero attached hydrogens (tertiary/aromatic N) is 3. The van der Waals surface area contributed by atoms with Gasteiger partial charge in [-0.25, -0.2) is 0 Å². The first-order valence-corrected chi connectivity index (χ1v) is 11.0. The average Bonchev–Trinajstić information content (AvgIpc) is 3.33. The molecule has 0 saturated carbocycles. The van der Waals surface area contributed by atoms with E-state index in [9.17, 15) is 4.79 Å². The lowest BCUT2D eigenvalue weighted by atomic mass is 9.90. The fraction of sp³-hybridized carbons (Fsp3) is 0.450. The van der Waals surface area contributed by atoms with Crippen LogP contribution in [0.3, 0.4) is 0 Å². The Morgan fingerprint density at radius 2 is 2.19 bits per heavy atom. The quantitative estimate of drug-likeness (QED) is 0.452. The predicted molar refractivity (Wildman–Crippen MR) is 109 cm³/mol. The standard InChI is InChI=1S/C20H23N3O2S2/c1-11-5-6-17-14(7-11)9-18(27-17)19-21-22-20(25-19)26-10-16(24)15-8-12(2)23(4)13(15)3/h8-9,11H,5-7,10H2,1-4H3. The van der Waals surface area contributed by atoms with Crippen molar-refractivity contribution >= 4 is 28.9 Å². The number of Topliss-reactive ketones (excluding diaryl/α,β-unsaturated/α-hetero) is 1. The summed E-state index contributed by atoms with van der Waals surface area (Å²) in [6, 6.07) is 4.13. The van der Waals surface area contributed by atoms with Gasteiger partial charge in [-0.05, 0) is 56.7 Å². The minimum Gasteiger partial charge on any atom is -0.410 e. The number of fused-ring (bicyclic) bond motifs is 1. The molecule has 7 heteroatoms. The van der Waals surface area contributed by atoms with Gasteiger partial charge >= 0.3 is 0 Å². The molecule has 0 bridgehead atoms. The van der Waals surface area contributed by atoms with E-state index in [1.807, 2.05) is 31.5 Å². The Labute approximate surface area is 167 Å². The zero-order valence-electron chi connectivity index (χ0n) is 16.0. The molecular formula is C20H23N3O2S2. The number of aromatic nitrogens is 3. The van der Waals surface area contributed by atoms with Gasteiger partial charge in [-0.15, -0.1) is 21.5 Å². The van der Waals surface area contributed by atoms with Crippen molar-refractivity contribution in [1.82, 2.24) is 14.8 Å². The van der Waals surface area contributed by atoms with Gasteiger partial charge in [-0.2, -0.15) is 0 Å². The number of hydrogen-bond donors (Lipinski definition) is 0. The highest BCUT2D eigenvalue weighted by Gasteiger charge is 2.21. The number of carbonyl (C=O) groups is 1. The maximum Gasteiger partial charge on any atom is 0.277 e. The molecule has 4 rings (SSSR count). The van der Waals surface area contributed by atoms with Gasteiger partial charge in [0.1, 0.15) is 0 Å². The van der Waals surface area contributed by atoms with E-state index in [0.29, 0.717) is 16.9 Å². The van der Waals surface area contributed by atoms with Gasteiger partial charge < -0.3 is 8.98 Å². The van der Waals surface area contributed by atoms with Crippen LogP contribution in [0.25, 0.3) is 10.8 Å². The molecule has 3 heterocycles. The van der Waals surface area contributed by atoms with Crippen molar-refractivity contribution in [2.24, 2.45) is 13.0 Å². The Morgan fingerprint density at radius 1 is 1.37 bits per heavy atom. The highest BCUT2D eigenvalue weighted by atomic mass is 32.2. The molecule has 0 aliphatic heterocycles. The van der Waals surface area contributed by atoms with E-state index in [1.54, 1.807) is 11.3 Å². The third kappa shape index (κ3) is 3.62. The van der Waals surface area contributed by atoms with Crippen LogP contribution in [-0.4, -0.2) is 26.3 Å². The Morgan fingerprint density at radius 3 is 2.93 bits per heavy atom. The van der Waals surface area contributed by atoms with E-state index in [2.05, 4.69) is 23.2 Å². The molecule has 0 N–H and O–H groups in total. The van der Waals surface area contributed by atoms with Gasteiger partial charge in [0, 0.05) is 28.9 Å². The lowest BCUT2D eigenvalue weighted by Crippen LogP contribution is -2.07. The summed E-state index contributed by atoms with van der Waals surface area (Å²) in [7, 11) is 1.97. The monoisotopic (exact) mass is 401 g/mol. The van der Waals surface area contributed by atoms with Crippen molar-refractivity contribution in [2.75, 3.05) is 5.75 Å². The number of thiophene rings is 1. The number of ketones is 1. The van der Waals surface area contributed by atoms with E-state index in [0.717, 1.165) is 40.6 Å². The lowest BCUT2D eigenvalue weighted by Gasteiger charge is -2.16. The van der Waals surface area contributed by atoms with Crippen molar-refractivity contribution in [3.63, 3.8) is 0 Å². The molecule has 5 nitrogen and oxygen atoms in total. The summed E-state index contributed by atoms with van der Waals surface area (Å²) in [5, 5.41) is 8.76. The Kier molecular flexibility index (Phi) is 4.99. The number of hydrogen-bond acceptors (Lipinski definition) is 6. The van der Waals surface area contributed by atoms with Gasteiger partial charge in [0.05, 0.1) is 10.6 Å². The van der Waals surface area contributed by atoms with Crippen LogP contribution in [0.2, 0.25) is 0 Å². The highest BCUT2D eigenvalue weighted by molar-refractivity contribution is 7.99. The molecule has 0 fully saturated rings. The minimum atomic E-state index is 0.0847. The van der Waals surface area contributed by atoms with Crippen LogP contribution in [0.4, 0.5) is 0 Å². The molecule has 0 spiro atoms. The van der Waals surface area contributed by atoms with Crippen LogP contribution < -0.4 is 0 Å². The van der Waals surface area contributed by atoms with Gasteiger partial charge in [0.2, 0.25) is 0 Å². The molecule has 27 heavy (non-hydrogen) atoms. The number of aryl methyl sites for hydroxylation is 2. The maximum absolute atomic E-state index is 12.5. The molecule has 1 aliphatic rings. The highest BCUT2D eigenvalue weighted by Crippen LogP contribution is 2.37. The first-order valence-electron chi connectivity index (χ1n) is 9.16. The average molecular weight is 402 g/mol. The van der Waals surface area contributed by atoms with Crippen LogP contribution in [0.5, 0.6) is 0 Å². The Hall–Kier alpha value is -1.86. The van der Waals surface area contributed by atoms with Crippen molar-refractivity contribution in [3.05, 3.63) is 39.5 Å². The molecule has 1 aliphatic carbocycles. The van der Waals surface area contributed by atoms with Crippen LogP contribution in [0.1, 0.15) is 45.5 Å². The SMILES string of the molecule is Cc1cc(C(=O)CSc2nnc(-c3cc4c(s3)CCC(C)C4)o2)c(C)n1C. The van der Waals surface area contributed by atoms with E-state index in [4.69, 9.17) is 4.42 Å². The number of thioether (sulfide) groups is 1. The normalized spacial score (nSPS) is 16.5. The minimum absolute atomic E-state index is 0.0847. The zero-order valence-corrected chi connectivity index (χ0v) is 17.7. The zero-order chi connectivity index (χ0) is 19.1. The van der Waals surface area contributed by atoms with Crippen LogP contribution in [0, 0.1) is 19.8 Å². The Bertz CT molecular complexity index is 999. The summed E-state index contributed by atoms with van der Waals surface area (Å²) in [5.74, 6) is 1.68. The second kappa shape index (κ2) is 7.28. The molecule has 1 atom stereocenters. The van der Waals surface area contributed by atoms with E-state index in [-0.39, 0.29) is 5.78 Å². The molecule has 0 saturated heterocycles. The van der Waals surface area contributed by atoms with Crippen molar-refractivity contribution in [2.45, 2.75) is 45.3 Å². The van der Waals surface area contributed by atoms with Gasteiger partial charge in [-0.3, -0.25) is 4.79 Å². The summed E-state index contributed by atoms with van der Waals surface area (Å²) < 4.78 is 7.84. The molecule has 0 amide bonds. The molecule has 1 unspecified atom stereocenters. The maximum atomic E-state index is 12.5. The van der Waals surface area contributed by atoms with E-state index in [1.165, 1.54) is 28.6 Å². The third-order valence-electron chi connectivity index (χ3n) is 5.35. The summed E-state index contributed by atoms with van der Waals surface area (Å²) in [4.78, 5) is 15.0. The first-order chi connectivity index (χ1) is 12.9. The van der Waals surface area contributed by atoms with Gasteiger partial charge in [-0.1, -0.05) is 18.7 Å². The molecule has 142 valence electrons.